The van der Waals surface area contributed by atoms with Crippen LogP contribution in [0.4, 0.5) is 10.7 Å². The third-order valence-electron chi connectivity index (χ3n) is 4.27. The first-order chi connectivity index (χ1) is 14.8. The van der Waals surface area contributed by atoms with E-state index in [9.17, 15) is 14.4 Å². The summed E-state index contributed by atoms with van der Waals surface area (Å²) in [7, 11) is 0. The second kappa shape index (κ2) is 9.96. The molecular weight excluding hydrogens is 459 g/mol. The molecular formula is C22H18Cl2N2O4S. The van der Waals surface area contributed by atoms with Gasteiger partial charge in [-0.25, -0.2) is 4.79 Å². The van der Waals surface area contributed by atoms with Gasteiger partial charge in [0.1, 0.15) is 5.00 Å². The van der Waals surface area contributed by atoms with E-state index in [-0.39, 0.29) is 22.0 Å². The van der Waals surface area contributed by atoms with Crippen LogP contribution in [0.5, 0.6) is 0 Å². The summed E-state index contributed by atoms with van der Waals surface area (Å²) in [6, 6.07) is 12.9. The minimum Gasteiger partial charge on any atom is -0.462 e. The molecule has 0 unspecified atom stereocenters. The fourth-order valence-corrected chi connectivity index (χ4v) is 4.10. The molecule has 0 radical (unpaired) electrons. The summed E-state index contributed by atoms with van der Waals surface area (Å²) in [5, 5.41) is 6.75. The maximum Gasteiger partial charge on any atom is 0.341 e. The van der Waals surface area contributed by atoms with Crippen LogP contribution < -0.4 is 10.6 Å². The number of rotatable bonds is 6. The van der Waals surface area contributed by atoms with Gasteiger partial charge in [-0.1, -0.05) is 23.2 Å². The van der Waals surface area contributed by atoms with Crippen LogP contribution in [0.15, 0.2) is 48.5 Å². The summed E-state index contributed by atoms with van der Waals surface area (Å²) in [6.07, 6.45) is 0. The highest BCUT2D eigenvalue weighted by molar-refractivity contribution is 7.19. The van der Waals surface area contributed by atoms with E-state index in [1.54, 1.807) is 62.4 Å². The topological polar surface area (TPSA) is 84.5 Å². The lowest BCUT2D eigenvalue weighted by atomic mass is 10.1. The van der Waals surface area contributed by atoms with Crippen molar-refractivity contribution in [2.75, 3.05) is 17.2 Å². The average molecular weight is 477 g/mol. The summed E-state index contributed by atoms with van der Waals surface area (Å²) in [5.74, 6) is -1.47. The van der Waals surface area contributed by atoms with Crippen molar-refractivity contribution in [1.82, 2.24) is 0 Å². The van der Waals surface area contributed by atoms with Crippen molar-refractivity contribution in [2.24, 2.45) is 0 Å². The molecule has 0 aliphatic rings. The standard InChI is InChI=1S/C22H18Cl2N2O4S/c1-3-30-22(29)17-12(2)18(20(28)25-16-10-8-15(24)9-11-16)31-21(17)26-19(27)13-4-6-14(23)7-5-13/h4-11H,3H2,1-2H3,(H,25,28)(H,26,27). The van der Waals surface area contributed by atoms with Crippen LogP contribution >= 0.6 is 34.5 Å². The smallest absolute Gasteiger partial charge is 0.341 e. The quantitative estimate of drug-likeness (QED) is 0.424. The molecule has 2 N–H and O–H groups in total. The number of halogens is 2. The maximum absolute atomic E-state index is 12.8. The number of nitrogens with one attached hydrogen (secondary N) is 2. The van der Waals surface area contributed by atoms with E-state index >= 15 is 0 Å². The Labute approximate surface area is 193 Å². The molecule has 0 aliphatic heterocycles. The fourth-order valence-electron chi connectivity index (χ4n) is 2.76. The lowest BCUT2D eigenvalue weighted by Gasteiger charge is -2.07. The Balaban J connectivity index is 1.92. The van der Waals surface area contributed by atoms with Gasteiger partial charge in [-0.3, -0.25) is 9.59 Å². The summed E-state index contributed by atoms with van der Waals surface area (Å²) in [6.45, 7) is 3.47. The van der Waals surface area contributed by atoms with Crippen molar-refractivity contribution in [1.29, 1.82) is 0 Å². The lowest BCUT2D eigenvalue weighted by Crippen LogP contribution is -2.15. The number of esters is 1. The lowest BCUT2D eigenvalue weighted by molar-refractivity contribution is 0.0527. The van der Waals surface area contributed by atoms with Gasteiger partial charge in [0.15, 0.2) is 0 Å². The summed E-state index contributed by atoms with van der Waals surface area (Å²) >= 11 is 12.7. The molecule has 0 saturated carbocycles. The van der Waals surface area contributed by atoms with Gasteiger partial charge in [0, 0.05) is 21.3 Å². The van der Waals surface area contributed by atoms with E-state index in [0.717, 1.165) is 11.3 Å². The van der Waals surface area contributed by atoms with Crippen molar-refractivity contribution in [2.45, 2.75) is 13.8 Å². The first kappa shape index (κ1) is 22.8. The third-order valence-corrected chi connectivity index (χ3v) is 5.98. The molecule has 0 bridgehead atoms. The number of anilines is 2. The Kier molecular flexibility index (Phi) is 7.33. The number of benzene rings is 2. The SMILES string of the molecule is CCOC(=O)c1c(NC(=O)c2ccc(Cl)cc2)sc(C(=O)Nc2ccc(Cl)cc2)c1C. The average Bonchev–Trinajstić information content (AvgIpc) is 3.06. The highest BCUT2D eigenvalue weighted by Crippen LogP contribution is 2.35. The molecule has 6 nitrogen and oxygen atoms in total. The van der Waals surface area contributed by atoms with Gasteiger partial charge in [-0.15, -0.1) is 11.3 Å². The Morgan fingerprint density at radius 1 is 0.903 bits per heavy atom. The molecule has 0 aliphatic carbocycles. The van der Waals surface area contributed by atoms with Crippen molar-refractivity contribution in [3.8, 4) is 0 Å². The zero-order chi connectivity index (χ0) is 22.5. The molecule has 31 heavy (non-hydrogen) atoms. The van der Waals surface area contributed by atoms with Gasteiger partial charge in [-0.2, -0.15) is 0 Å². The summed E-state index contributed by atoms with van der Waals surface area (Å²) in [4.78, 5) is 38.3. The van der Waals surface area contributed by atoms with Crippen molar-refractivity contribution in [3.05, 3.63) is 80.1 Å². The molecule has 1 heterocycles. The monoisotopic (exact) mass is 476 g/mol. The first-order valence-electron chi connectivity index (χ1n) is 9.24. The molecule has 3 aromatic rings. The molecule has 160 valence electrons. The molecule has 0 saturated heterocycles. The van der Waals surface area contributed by atoms with Gasteiger partial charge < -0.3 is 15.4 Å². The van der Waals surface area contributed by atoms with E-state index in [1.807, 2.05) is 0 Å². The Hall–Kier alpha value is -2.87. The van der Waals surface area contributed by atoms with Crippen molar-refractivity contribution >= 4 is 63.0 Å². The second-order valence-electron chi connectivity index (χ2n) is 6.40. The van der Waals surface area contributed by atoms with Gasteiger partial charge >= 0.3 is 5.97 Å². The second-order valence-corrected chi connectivity index (χ2v) is 8.30. The van der Waals surface area contributed by atoms with Crippen LogP contribution in [0.1, 0.15) is 42.9 Å². The van der Waals surface area contributed by atoms with E-state index in [1.165, 1.54) is 0 Å². The Bertz CT molecular complexity index is 1130. The van der Waals surface area contributed by atoms with E-state index in [0.29, 0.717) is 26.9 Å². The number of carbonyl (C=O) groups excluding carboxylic acids is 3. The Morgan fingerprint density at radius 3 is 2.06 bits per heavy atom. The predicted octanol–water partition coefficient (Wildman–Crippen LogP) is 6.04. The number of hydrogen-bond donors (Lipinski definition) is 2. The van der Waals surface area contributed by atoms with Crippen LogP contribution in [0, 0.1) is 6.92 Å². The zero-order valence-electron chi connectivity index (χ0n) is 16.6. The number of ether oxygens (including phenoxy) is 1. The predicted molar refractivity (Wildman–Crippen MR) is 124 cm³/mol. The van der Waals surface area contributed by atoms with Crippen LogP contribution in [-0.2, 0) is 4.74 Å². The molecule has 3 rings (SSSR count). The highest BCUT2D eigenvalue weighted by atomic mass is 35.5. The Morgan fingerprint density at radius 2 is 1.48 bits per heavy atom. The molecule has 2 aromatic carbocycles. The molecule has 1 aromatic heterocycles. The van der Waals surface area contributed by atoms with Gasteiger partial charge in [0.25, 0.3) is 11.8 Å². The summed E-state index contributed by atoms with van der Waals surface area (Å²) in [5.41, 5.74) is 1.47. The van der Waals surface area contributed by atoms with E-state index in [4.69, 9.17) is 27.9 Å². The molecule has 2 amide bonds. The third kappa shape index (κ3) is 5.44. The van der Waals surface area contributed by atoms with Crippen molar-refractivity contribution in [3.63, 3.8) is 0 Å². The van der Waals surface area contributed by atoms with Crippen LogP contribution in [-0.4, -0.2) is 24.4 Å². The minimum absolute atomic E-state index is 0.149. The summed E-state index contributed by atoms with van der Waals surface area (Å²) < 4.78 is 5.13. The normalized spacial score (nSPS) is 10.5. The minimum atomic E-state index is -0.617. The van der Waals surface area contributed by atoms with E-state index in [2.05, 4.69) is 10.6 Å². The number of hydrogen-bond acceptors (Lipinski definition) is 5. The van der Waals surface area contributed by atoms with Gasteiger partial charge in [-0.05, 0) is 67.9 Å². The van der Waals surface area contributed by atoms with Crippen LogP contribution in [0.3, 0.4) is 0 Å². The molecule has 0 atom stereocenters. The molecule has 0 fully saturated rings. The molecule has 0 spiro atoms. The highest BCUT2D eigenvalue weighted by Gasteiger charge is 2.27. The van der Waals surface area contributed by atoms with Gasteiger partial charge in [0.2, 0.25) is 0 Å². The van der Waals surface area contributed by atoms with Crippen molar-refractivity contribution < 1.29 is 19.1 Å². The number of carbonyl (C=O) groups is 3. The number of thiophene rings is 1. The maximum atomic E-state index is 12.8. The van der Waals surface area contributed by atoms with Crippen LogP contribution in [0.25, 0.3) is 0 Å². The van der Waals surface area contributed by atoms with Crippen LogP contribution in [0.2, 0.25) is 10.0 Å². The first-order valence-corrected chi connectivity index (χ1v) is 10.8. The van der Waals surface area contributed by atoms with E-state index < -0.39 is 17.8 Å². The zero-order valence-corrected chi connectivity index (χ0v) is 19.0. The molecule has 9 heteroatoms. The van der Waals surface area contributed by atoms with Gasteiger partial charge in [0.05, 0.1) is 17.0 Å². The fraction of sp³-hybridized carbons (Fsp3) is 0.136. The number of amides is 2. The largest absolute Gasteiger partial charge is 0.462 e.